The van der Waals surface area contributed by atoms with Crippen molar-refractivity contribution in [3.8, 4) is 0 Å². The minimum Gasteiger partial charge on any atom is -0.481 e. The maximum atomic E-state index is 11.9. The number of nitrogens with zero attached hydrogens (tertiary/aromatic N) is 1. The van der Waals surface area contributed by atoms with Crippen molar-refractivity contribution in [2.45, 2.75) is 50.2 Å². The zero-order valence-corrected chi connectivity index (χ0v) is 12.0. The van der Waals surface area contributed by atoms with Gasteiger partial charge in [-0.05, 0) is 19.3 Å². The Morgan fingerprint density at radius 1 is 1.24 bits per heavy atom. The quantitative estimate of drug-likeness (QED) is 0.534. The lowest BCUT2D eigenvalue weighted by atomic mass is 10.0. The number of aliphatic carboxylic acids is 2. The second kappa shape index (κ2) is 7.26. The van der Waals surface area contributed by atoms with Crippen molar-refractivity contribution in [3.05, 3.63) is 0 Å². The summed E-state index contributed by atoms with van der Waals surface area (Å²) in [5.74, 6) is -2.40. The van der Waals surface area contributed by atoms with E-state index in [1.165, 1.54) is 11.9 Å². The van der Waals surface area contributed by atoms with Crippen LogP contribution in [-0.2, 0) is 9.59 Å². The Morgan fingerprint density at radius 2 is 1.81 bits per heavy atom. The van der Waals surface area contributed by atoms with E-state index in [0.717, 1.165) is 12.8 Å². The lowest BCUT2D eigenvalue weighted by Crippen LogP contribution is -2.50. The Morgan fingerprint density at radius 3 is 2.29 bits per heavy atom. The summed E-state index contributed by atoms with van der Waals surface area (Å²) >= 11 is 0. The molecule has 0 heterocycles. The van der Waals surface area contributed by atoms with Crippen molar-refractivity contribution >= 4 is 18.0 Å². The van der Waals surface area contributed by atoms with E-state index in [4.69, 9.17) is 10.2 Å². The molecule has 4 N–H and O–H groups in total. The van der Waals surface area contributed by atoms with Gasteiger partial charge in [-0.25, -0.2) is 9.59 Å². The van der Waals surface area contributed by atoms with Crippen LogP contribution in [0.4, 0.5) is 4.79 Å². The van der Waals surface area contributed by atoms with E-state index in [1.54, 1.807) is 0 Å². The number of nitrogens with one attached hydrogen (secondary N) is 1. The first kappa shape index (κ1) is 17.2. The number of amides is 2. The van der Waals surface area contributed by atoms with Crippen LogP contribution in [0, 0.1) is 0 Å². The van der Waals surface area contributed by atoms with Crippen LogP contribution < -0.4 is 5.32 Å². The molecule has 21 heavy (non-hydrogen) atoms. The molecule has 1 saturated carbocycles. The van der Waals surface area contributed by atoms with Gasteiger partial charge in [-0.1, -0.05) is 12.8 Å². The van der Waals surface area contributed by atoms with Crippen molar-refractivity contribution < 1.29 is 29.7 Å². The number of rotatable bonds is 7. The van der Waals surface area contributed by atoms with Crippen molar-refractivity contribution in [1.29, 1.82) is 0 Å². The second-order valence-corrected chi connectivity index (χ2v) is 5.56. The molecule has 2 amide bonds. The molecule has 0 saturated heterocycles. The number of aliphatic hydroxyl groups is 1. The number of carboxylic acid groups (broad SMARTS) is 2. The van der Waals surface area contributed by atoms with Crippen LogP contribution in [0.15, 0.2) is 0 Å². The number of carboxylic acids is 2. The summed E-state index contributed by atoms with van der Waals surface area (Å²) in [6, 6.07) is -1.89. The average Bonchev–Trinajstić information content (AvgIpc) is 2.79. The molecular formula is C13H22N2O6. The lowest BCUT2D eigenvalue weighted by Gasteiger charge is -2.29. The monoisotopic (exact) mass is 302 g/mol. The molecule has 0 spiro atoms. The summed E-state index contributed by atoms with van der Waals surface area (Å²) < 4.78 is 0. The van der Waals surface area contributed by atoms with Crippen molar-refractivity contribution in [3.63, 3.8) is 0 Å². The normalized spacial score (nSPS) is 18.0. The highest BCUT2D eigenvalue weighted by Crippen LogP contribution is 2.29. The van der Waals surface area contributed by atoms with E-state index in [1.807, 2.05) is 0 Å². The van der Waals surface area contributed by atoms with E-state index in [9.17, 15) is 19.5 Å². The summed E-state index contributed by atoms with van der Waals surface area (Å²) in [4.78, 5) is 34.6. The van der Waals surface area contributed by atoms with E-state index in [2.05, 4.69) is 5.32 Å². The zero-order valence-electron chi connectivity index (χ0n) is 12.0. The number of hydrogen-bond donors (Lipinski definition) is 4. The fourth-order valence-electron chi connectivity index (χ4n) is 2.49. The first-order valence-electron chi connectivity index (χ1n) is 6.92. The van der Waals surface area contributed by atoms with E-state index in [0.29, 0.717) is 12.8 Å². The number of hydrogen-bond acceptors (Lipinski definition) is 4. The van der Waals surface area contributed by atoms with Crippen LogP contribution in [0.3, 0.4) is 0 Å². The van der Waals surface area contributed by atoms with Gasteiger partial charge in [0.05, 0.1) is 12.1 Å². The van der Waals surface area contributed by atoms with Gasteiger partial charge in [-0.2, -0.15) is 0 Å². The van der Waals surface area contributed by atoms with E-state index < -0.39 is 29.6 Å². The Bertz CT molecular complexity index is 405. The summed E-state index contributed by atoms with van der Waals surface area (Å²) in [6.07, 6.45) is 2.52. The maximum absolute atomic E-state index is 11.9. The molecule has 0 bridgehead atoms. The largest absolute Gasteiger partial charge is 0.481 e. The molecule has 1 aliphatic rings. The Labute approximate surface area is 122 Å². The lowest BCUT2D eigenvalue weighted by molar-refractivity contribution is -0.140. The smallest absolute Gasteiger partial charge is 0.326 e. The van der Waals surface area contributed by atoms with Gasteiger partial charge in [-0.15, -0.1) is 0 Å². The number of urea groups is 1. The molecule has 8 nitrogen and oxygen atoms in total. The fraction of sp³-hybridized carbons (Fsp3) is 0.769. The molecule has 0 aromatic carbocycles. The van der Waals surface area contributed by atoms with Crippen molar-refractivity contribution in [1.82, 2.24) is 10.2 Å². The molecule has 1 aliphatic carbocycles. The highest BCUT2D eigenvalue weighted by molar-refractivity contribution is 5.83. The van der Waals surface area contributed by atoms with Crippen LogP contribution in [0.2, 0.25) is 0 Å². The molecule has 120 valence electrons. The first-order valence-corrected chi connectivity index (χ1v) is 6.92. The molecule has 0 aliphatic heterocycles. The van der Waals surface area contributed by atoms with Crippen LogP contribution in [-0.4, -0.2) is 63.4 Å². The fourth-order valence-corrected chi connectivity index (χ4v) is 2.49. The number of carbonyl (C=O) groups excluding carboxylic acids is 1. The summed E-state index contributed by atoms with van der Waals surface area (Å²) in [5.41, 5.74) is -0.911. The predicted octanol–water partition coefficient (Wildman–Crippen LogP) is 0.251. The minimum atomic E-state index is -1.28. The Hall–Kier alpha value is -1.83. The molecule has 1 fully saturated rings. The predicted molar refractivity (Wildman–Crippen MR) is 72.9 cm³/mol. The van der Waals surface area contributed by atoms with Gasteiger partial charge in [0, 0.05) is 13.5 Å². The number of carbonyl (C=O) groups is 3. The Kier molecular flexibility index (Phi) is 5.95. The van der Waals surface area contributed by atoms with Gasteiger partial charge in [0.2, 0.25) is 0 Å². The van der Waals surface area contributed by atoms with Gasteiger partial charge in [-0.3, -0.25) is 4.79 Å². The van der Waals surface area contributed by atoms with Gasteiger partial charge in [0.1, 0.15) is 6.04 Å². The number of likely N-dealkylation sites (N-methyl/N-ethyl adjacent to an activating group) is 1. The highest BCUT2D eigenvalue weighted by Gasteiger charge is 2.34. The molecule has 1 rings (SSSR count). The van der Waals surface area contributed by atoms with E-state index >= 15 is 0 Å². The summed E-state index contributed by atoms with van der Waals surface area (Å²) in [7, 11) is 1.47. The van der Waals surface area contributed by atoms with Gasteiger partial charge >= 0.3 is 18.0 Å². The zero-order chi connectivity index (χ0) is 16.0. The molecule has 0 aromatic rings. The molecule has 0 radical (unpaired) electrons. The second-order valence-electron chi connectivity index (χ2n) is 5.56. The standard InChI is InChI=1S/C13H22N2O6/c1-15(8-13(21)6-2-3-7-13)12(20)14-9(11(18)19)4-5-10(16)17/h9,21H,2-8H2,1H3,(H,14,20)(H,16,17)(H,18,19). The van der Waals surface area contributed by atoms with Crippen LogP contribution >= 0.6 is 0 Å². The SMILES string of the molecule is CN(CC1(O)CCCC1)C(=O)NC(CCC(=O)O)C(=O)O. The van der Waals surface area contributed by atoms with Gasteiger partial charge < -0.3 is 25.5 Å². The maximum Gasteiger partial charge on any atom is 0.326 e. The molecular weight excluding hydrogens is 280 g/mol. The minimum absolute atomic E-state index is 0.129. The van der Waals surface area contributed by atoms with E-state index in [-0.39, 0.29) is 19.4 Å². The molecule has 1 unspecified atom stereocenters. The summed E-state index contributed by atoms with van der Waals surface area (Å²) in [6.45, 7) is 0.129. The molecule has 0 aromatic heterocycles. The van der Waals surface area contributed by atoms with Crippen LogP contribution in [0.25, 0.3) is 0 Å². The Balaban J connectivity index is 2.51. The van der Waals surface area contributed by atoms with Gasteiger partial charge in [0.15, 0.2) is 0 Å². The third kappa shape index (κ3) is 5.58. The first-order chi connectivity index (χ1) is 9.73. The topological polar surface area (TPSA) is 127 Å². The average molecular weight is 302 g/mol. The third-order valence-corrected chi connectivity index (χ3v) is 3.66. The molecule has 8 heteroatoms. The molecule has 1 atom stereocenters. The highest BCUT2D eigenvalue weighted by atomic mass is 16.4. The van der Waals surface area contributed by atoms with Crippen LogP contribution in [0.5, 0.6) is 0 Å². The van der Waals surface area contributed by atoms with Crippen LogP contribution in [0.1, 0.15) is 38.5 Å². The third-order valence-electron chi connectivity index (χ3n) is 3.66. The van der Waals surface area contributed by atoms with Crippen molar-refractivity contribution in [2.24, 2.45) is 0 Å². The summed E-state index contributed by atoms with van der Waals surface area (Å²) in [5, 5.41) is 30.0. The van der Waals surface area contributed by atoms with Gasteiger partial charge in [0.25, 0.3) is 0 Å². The van der Waals surface area contributed by atoms with Crippen molar-refractivity contribution in [2.75, 3.05) is 13.6 Å².